The lowest BCUT2D eigenvalue weighted by atomic mass is 10.1. The first kappa shape index (κ1) is 8.36. The summed E-state index contributed by atoms with van der Waals surface area (Å²) in [5.74, 6) is 0. The van der Waals surface area contributed by atoms with Crippen LogP contribution in [0.4, 0.5) is 0 Å². The quantitative estimate of drug-likeness (QED) is 0.665. The van der Waals surface area contributed by atoms with E-state index in [0.29, 0.717) is 0 Å². The highest BCUT2D eigenvalue weighted by Crippen LogP contribution is 2.29. The highest BCUT2D eigenvalue weighted by atomic mass is 32.2. The van der Waals surface area contributed by atoms with Gasteiger partial charge in [-0.1, -0.05) is 23.9 Å². The number of nitrogens with zero attached hydrogens (tertiary/aromatic N) is 2. The summed E-state index contributed by atoms with van der Waals surface area (Å²) in [5.41, 5.74) is 3.98. The molecule has 1 aliphatic heterocycles. The molecule has 72 valence electrons. The van der Waals surface area contributed by atoms with Gasteiger partial charge in [-0.15, -0.1) is 0 Å². The predicted molar refractivity (Wildman–Crippen MR) is 59.8 cm³/mol. The number of benzene rings is 1. The van der Waals surface area contributed by atoms with Crippen molar-refractivity contribution in [2.75, 3.05) is 6.26 Å². The van der Waals surface area contributed by atoms with Crippen LogP contribution < -0.4 is 0 Å². The van der Waals surface area contributed by atoms with Crippen LogP contribution in [0.2, 0.25) is 0 Å². The molecule has 0 aliphatic carbocycles. The van der Waals surface area contributed by atoms with Crippen LogP contribution >= 0.6 is 11.8 Å². The van der Waals surface area contributed by atoms with Gasteiger partial charge in [0.1, 0.15) is 0 Å². The normalized spacial score (nSPS) is 14.9. The third-order valence-corrected chi connectivity index (χ3v) is 3.50. The fraction of sp³-hybridized carbons (Fsp3) is 0.364. The molecule has 0 saturated heterocycles. The van der Waals surface area contributed by atoms with Gasteiger partial charge < -0.3 is 4.57 Å². The minimum Gasteiger partial charge on any atom is -0.319 e. The van der Waals surface area contributed by atoms with Gasteiger partial charge in [0.15, 0.2) is 5.16 Å². The Hall–Kier alpha value is -0.960. The van der Waals surface area contributed by atoms with Crippen molar-refractivity contribution >= 4 is 22.8 Å². The molecule has 2 nitrogen and oxygen atoms in total. The van der Waals surface area contributed by atoms with Gasteiger partial charge in [0.05, 0.1) is 11.0 Å². The van der Waals surface area contributed by atoms with Gasteiger partial charge in [0.2, 0.25) is 0 Å². The van der Waals surface area contributed by atoms with E-state index in [2.05, 4.69) is 34.0 Å². The van der Waals surface area contributed by atoms with Crippen molar-refractivity contribution in [3.8, 4) is 0 Å². The van der Waals surface area contributed by atoms with E-state index in [1.165, 1.54) is 23.9 Å². The maximum atomic E-state index is 4.63. The number of thioether (sulfide) groups is 1. The molecule has 0 radical (unpaired) electrons. The number of hydrogen-bond acceptors (Lipinski definition) is 2. The molecule has 0 saturated carbocycles. The van der Waals surface area contributed by atoms with Crippen molar-refractivity contribution < 1.29 is 0 Å². The average molecular weight is 204 g/mol. The summed E-state index contributed by atoms with van der Waals surface area (Å²) in [6, 6.07) is 6.45. The van der Waals surface area contributed by atoms with E-state index < -0.39 is 0 Å². The van der Waals surface area contributed by atoms with E-state index in [1.54, 1.807) is 11.8 Å². The Kier molecular flexibility index (Phi) is 1.80. The largest absolute Gasteiger partial charge is 0.319 e. The molecule has 0 spiro atoms. The van der Waals surface area contributed by atoms with Crippen molar-refractivity contribution in [3.63, 3.8) is 0 Å². The molecule has 14 heavy (non-hydrogen) atoms. The highest BCUT2D eigenvalue weighted by Gasteiger charge is 2.16. The van der Waals surface area contributed by atoms with Gasteiger partial charge in [0.25, 0.3) is 0 Å². The summed E-state index contributed by atoms with van der Waals surface area (Å²) >= 11 is 1.74. The molecule has 0 atom stereocenters. The van der Waals surface area contributed by atoms with Gasteiger partial charge >= 0.3 is 0 Å². The third kappa shape index (κ3) is 1.02. The zero-order chi connectivity index (χ0) is 9.54. The molecule has 0 N–H and O–H groups in total. The summed E-state index contributed by atoms with van der Waals surface area (Å²) in [6.45, 7) is 1.13. The molecule has 0 fully saturated rings. The SMILES string of the molecule is CSc1nc2cccc3c2n1CCC3. The Morgan fingerprint density at radius 1 is 1.43 bits per heavy atom. The molecule has 0 amide bonds. The zero-order valence-electron chi connectivity index (χ0n) is 8.16. The fourth-order valence-electron chi connectivity index (χ4n) is 2.23. The fourth-order valence-corrected chi connectivity index (χ4v) is 2.82. The number of imidazole rings is 1. The monoisotopic (exact) mass is 204 g/mol. The zero-order valence-corrected chi connectivity index (χ0v) is 8.97. The maximum Gasteiger partial charge on any atom is 0.168 e. The molecule has 0 bridgehead atoms. The van der Waals surface area contributed by atoms with Crippen LogP contribution in [-0.2, 0) is 13.0 Å². The summed E-state index contributed by atoms with van der Waals surface area (Å²) in [4.78, 5) is 4.63. The molecular formula is C11H12N2S. The lowest BCUT2D eigenvalue weighted by Crippen LogP contribution is -2.07. The maximum absolute atomic E-state index is 4.63. The minimum atomic E-state index is 1.13. The molecule has 1 aliphatic rings. The molecule has 2 aromatic rings. The van der Waals surface area contributed by atoms with Crippen molar-refractivity contribution in [2.45, 2.75) is 24.5 Å². The van der Waals surface area contributed by atoms with Crippen LogP contribution in [0.15, 0.2) is 23.4 Å². The van der Waals surface area contributed by atoms with E-state index in [4.69, 9.17) is 0 Å². The first-order valence-electron chi connectivity index (χ1n) is 4.92. The average Bonchev–Trinajstić information content (AvgIpc) is 2.60. The molecular weight excluding hydrogens is 192 g/mol. The highest BCUT2D eigenvalue weighted by molar-refractivity contribution is 7.98. The van der Waals surface area contributed by atoms with Crippen molar-refractivity contribution in [3.05, 3.63) is 23.8 Å². The van der Waals surface area contributed by atoms with E-state index in [9.17, 15) is 0 Å². The van der Waals surface area contributed by atoms with E-state index >= 15 is 0 Å². The van der Waals surface area contributed by atoms with E-state index in [0.717, 1.165) is 17.2 Å². The lowest BCUT2D eigenvalue weighted by Gasteiger charge is -2.15. The van der Waals surface area contributed by atoms with Crippen LogP contribution in [-0.4, -0.2) is 15.8 Å². The Labute approximate surface area is 87.3 Å². The third-order valence-electron chi connectivity index (χ3n) is 2.83. The van der Waals surface area contributed by atoms with Crippen LogP contribution in [0.1, 0.15) is 12.0 Å². The molecule has 1 aromatic carbocycles. The molecule has 2 heterocycles. The number of aryl methyl sites for hydroxylation is 2. The van der Waals surface area contributed by atoms with Gasteiger partial charge in [-0.05, 0) is 30.7 Å². The van der Waals surface area contributed by atoms with Crippen molar-refractivity contribution in [2.24, 2.45) is 0 Å². The summed E-state index contributed by atoms with van der Waals surface area (Å²) in [6.07, 6.45) is 4.55. The Bertz CT molecular complexity index is 487. The summed E-state index contributed by atoms with van der Waals surface area (Å²) in [5, 5.41) is 1.16. The van der Waals surface area contributed by atoms with Crippen LogP contribution in [0.5, 0.6) is 0 Å². The van der Waals surface area contributed by atoms with Crippen LogP contribution in [0.3, 0.4) is 0 Å². The first-order chi connectivity index (χ1) is 6.90. The van der Waals surface area contributed by atoms with Crippen LogP contribution in [0.25, 0.3) is 11.0 Å². The molecule has 1 aromatic heterocycles. The van der Waals surface area contributed by atoms with Crippen LogP contribution in [0, 0.1) is 0 Å². The minimum absolute atomic E-state index is 1.13. The predicted octanol–water partition coefficient (Wildman–Crippen LogP) is 2.70. The number of para-hydroxylation sites is 1. The Morgan fingerprint density at radius 3 is 3.21 bits per heavy atom. The number of hydrogen-bond donors (Lipinski definition) is 0. The second-order valence-corrected chi connectivity index (χ2v) is 4.41. The number of rotatable bonds is 1. The lowest BCUT2D eigenvalue weighted by molar-refractivity contribution is 0.588. The molecule has 3 rings (SSSR count). The second kappa shape index (κ2) is 3.02. The standard InChI is InChI=1S/C11H12N2S/c1-14-11-12-9-6-2-4-8-5-3-7-13(11)10(8)9/h2,4,6H,3,5,7H2,1H3. The Balaban J connectivity index is 2.42. The smallest absolute Gasteiger partial charge is 0.168 e. The Morgan fingerprint density at radius 2 is 2.36 bits per heavy atom. The van der Waals surface area contributed by atoms with Crippen molar-refractivity contribution in [1.29, 1.82) is 0 Å². The van der Waals surface area contributed by atoms with Crippen molar-refractivity contribution in [1.82, 2.24) is 9.55 Å². The molecule has 3 heteroatoms. The van der Waals surface area contributed by atoms with Gasteiger partial charge in [-0.3, -0.25) is 0 Å². The van der Waals surface area contributed by atoms with Gasteiger partial charge in [-0.25, -0.2) is 4.98 Å². The number of aromatic nitrogens is 2. The van der Waals surface area contributed by atoms with Gasteiger partial charge in [-0.2, -0.15) is 0 Å². The summed E-state index contributed by atoms with van der Waals surface area (Å²) < 4.78 is 2.36. The topological polar surface area (TPSA) is 17.8 Å². The molecule has 0 unspecified atom stereocenters. The first-order valence-corrected chi connectivity index (χ1v) is 6.15. The van der Waals surface area contributed by atoms with E-state index in [-0.39, 0.29) is 0 Å². The second-order valence-electron chi connectivity index (χ2n) is 3.64. The summed E-state index contributed by atoms with van der Waals surface area (Å²) in [7, 11) is 0. The van der Waals surface area contributed by atoms with Gasteiger partial charge in [0, 0.05) is 6.54 Å². The van der Waals surface area contributed by atoms with E-state index in [1.807, 2.05) is 0 Å².